The molecule has 4 rings (SSSR count). The number of rotatable bonds is 5. The smallest absolute Gasteiger partial charge is 0.324 e. The van der Waals surface area contributed by atoms with E-state index in [0.717, 1.165) is 49.5 Å². The lowest BCUT2D eigenvalue weighted by Gasteiger charge is -2.58. The highest BCUT2D eigenvalue weighted by molar-refractivity contribution is 7.86. The number of ether oxygens (including phenoxy) is 4. The molecule has 184 valence electrons. The monoisotopic (exact) mass is 500 g/mol. The van der Waals surface area contributed by atoms with Crippen LogP contribution in [0, 0.1) is 15.9 Å². The quantitative estimate of drug-likeness (QED) is 0.268. The Balaban J connectivity index is 2.17. The van der Waals surface area contributed by atoms with Gasteiger partial charge in [-0.3, -0.25) is 19.6 Å². The van der Waals surface area contributed by atoms with Gasteiger partial charge in [-0.15, -0.1) is 0 Å². The minimum Gasteiger partial charge on any atom is -0.482 e. The summed E-state index contributed by atoms with van der Waals surface area (Å²) < 4.78 is 71.3. The number of benzene rings is 2. The zero-order valence-corrected chi connectivity index (χ0v) is 19.2. The molecule has 0 spiro atoms. The van der Waals surface area contributed by atoms with Gasteiger partial charge >= 0.3 is 15.7 Å². The Bertz CT molecular complexity index is 1290. The third-order valence-electron chi connectivity index (χ3n) is 5.98. The first-order valence-electron chi connectivity index (χ1n) is 9.76. The molecule has 2 aliphatic rings. The molecule has 2 heterocycles. The molecule has 0 radical (unpaired) electrons. The van der Waals surface area contributed by atoms with Crippen molar-refractivity contribution in [2.24, 2.45) is 0 Å². The van der Waals surface area contributed by atoms with E-state index in [9.17, 15) is 32.6 Å². The van der Waals surface area contributed by atoms with Gasteiger partial charge in [0.15, 0.2) is 5.60 Å². The normalized spacial score (nSPS) is 27.4. The van der Waals surface area contributed by atoms with E-state index in [-0.39, 0.29) is 22.7 Å². The van der Waals surface area contributed by atoms with Crippen LogP contribution in [-0.4, -0.2) is 54.2 Å². The van der Waals surface area contributed by atoms with E-state index in [4.69, 9.17) is 18.9 Å². The second kappa shape index (κ2) is 7.48. The van der Waals surface area contributed by atoms with E-state index in [2.05, 4.69) is 0 Å². The first-order chi connectivity index (χ1) is 15.7. The molecule has 0 saturated carbocycles. The van der Waals surface area contributed by atoms with Gasteiger partial charge in [-0.1, -0.05) is 0 Å². The number of non-ortho nitro benzene ring substituents is 1. The highest BCUT2D eigenvalue weighted by atomic mass is 32.2. The standard InChI is InChI=1S/C20H21FN2O10S/c1-18(2)20(24,31-4)19(30-3,13-10-12(23(25)26)6-8-15(13)33-18)22-14-7-5-11(21)9-16(14)32-17(22)34(27,28)29/h5-10,17,24H,1-4H3,(H,27,28,29). The SMILES string of the molecule is COC1(N2c3ccc(F)cc3OC2S(=O)(=O)O)c2cc([N+](=O)[O-])ccc2OC(C)(C)C1(O)OC. The fourth-order valence-corrected chi connectivity index (χ4v) is 5.27. The van der Waals surface area contributed by atoms with Crippen molar-refractivity contribution in [2.45, 2.75) is 36.5 Å². The molecule has 2 aromatic carbocycles. The zero-order chi connectivity index (χ0) is 25.3. The summed E-state index contributed by atoms with van der Waals surface area (Å²) in [5.41, 5.74) is -7.13. The number of aliphatic hydroxyl groups is 1. The summed E-state index contributed by atoms with van der Waals surface area (Å²) in [5, 5.41) is 23.5. The van der Waals surface area contributed by atoms with Gasteiger partial charge in [-0.2, -0.15) is 8.42 Å². The number of hydrogen-bond acceptors (Lipinski definition) is 10. The minimum absolute atomic E-state index is 0.0103. The topological polar surface area (TPSA) is 158 Å². The largest absolute Gasteiger partial charge is 0.482 e. The van der Waals surface area contributed by atoms with Gasteiger partial charge in [-0.25, -0.2) is 4.39 Å². The molecule has 12 nitrogen and oxygen atoms in total. The molecule has 3 atom stereocenters. The number of halogens is 1. The molecule has 0 aromatic heterocycles. The number of nitro benzene ring substituents is 1. The molecule has 0 saturated heterocycles. The Morgan fingerprint density at radius 3 is 2.38 bits per heavy atom. The van der Waals surface area contributed by atoms with Crippen molar-refractivity contribution < 1.29 is 46.3 Å². The average molecular weight is 500 g/mol. The maximum absolute atomic E-state index is 13.9. The number of anilines is 1. The molecule has 2 aromatic rings. The van der Waals surface area contributed by atoms with E-state index < -0.39 is 49.2 Å². The van der Waals surface area contributed by atoms with E-state index >= 15 is 0 Å². The van der Waals surface area contributed by atoms with Gasteiger partial charge in [0.2, 0.25) is 5.72 Å². The van der Waals surface area contributed by atoms with Crippen LogP contribution in [0.4, 0.5) is 15.8 Å². The third kappa shape index (κ3) is 3.06. The molecule has 0 aliphatic carbocycles. The predicted octanol–water partition coefficient (Wildman–Crippen LogP) is 2.11. The Hall–Kier alpha value is -3.04. The van der Waals surface area contributed by atoms with Crippen LogP contribution in [0.2, 0.25) is 0 Å². The van der Waals surface area contributed by atoms with Crippen LogP contribution in [0.25, 0.3) is 0 Å². The van der Waals surface area contributed by atoms with Crippen molar-refractivity contribution in [2.75, 3.05) is 19.1 Å². The predicted molar refractivity (Wildman–Crippen MR) is 113 cm³/mol. The highest BCUT2D eigenvalue weighted by Crippen LogP contribution is 2.59. The van der Waals surface area contributed by atoms with E-state index in [1.54, 1.807) is 0 Å². The molecule has 0 fully saturated rings. The molecule has 3 unspecified atom stereocenters. The maximum Gasteiger partial charge on any atom is 0.324 e. The Labute approximate surface area is 193 Å². The van der Waals surface area contributed by atoms with Gasteiger partial charge < -0.3 is 24.1 Å². The molecule has 14 heteroatoms. The van der Waals surface area contributed by atoms with Crippen LogP contribution in [0.1, 0.15) is 19.4 Å². The third-order valence-corrected chi connectivity index (χ3v) is 6.80. The van der Waals surface area contributed by atoms with E-state index in [1.165, 1.54) is 19.9 Å². The van der Waals surface area contributed by atoms with Gasteiger partial charge in [0.1, 0.15) is 17.3 Å². The summed E-state index contributed by atoms with van der Waals surface area (Å²) in [6.07, 6.45) is 0. The fourth-order valence-electron chi connectivity index (χ4n) is 4.51. The van der Waals surface area contributed by atoms with Crippen molar-refractivity contribution in [1.82, 2.24) is 0 Å². The van der Waals surface area contributed by atoms with Crippen LogP contribution in [0.5, 0.6) is 11.5 Å². The van der Waals surface area contributed by atoms with Crippen LogP contribution in [0.3, 0.4) is 0 Å². The molecule has 2 aliphatic heterocycles. The lowest BCUT2D eigenvalue weighted by Crippen LogP contribution is -2.77. The van der Waals surface area contributed by atoms with Crippen molar-refractivity contribution in [3.63, 3.8) is 0 Å². The van der Waals surface area contributed by atoms with Crippen LogP contribution in [-0.2, 0) is 25.3 Å². The van der Waals surface area contributed by atoms with Crippen LogP contribution in [0.15, 0.2) is 36.4 Å². The van der Waals surface area contributed by atoms with Crippen LogP contribution < -0.4 is 14.4 Å². The first-order valence-corrected chi connectivity index (χ1v) is 11.3. The average Bonchev–Trinajstić information content (AvgIpc) is 3.13. The Morgan fingerprint density at radius 2 is 1.82 bits per heavy atom. The number of nitrogens with zero attached hydrogens (tertiary/aromatic N) is 2. The second-order valence-corrected chi connectivity index (χ2v) is 9.60. The van der Waals surface area contributed by atoms with E-state index in [0.29, 0.717) is 0 Å². The molecular formula is C20H21FN2O10S. The van der Waals surface area contributed by atoms with Crippen LogP contribution >= 0.6 is 0 Å². The maximum atomic E-state index is 13.9. The van der Waals surface area contributed by atoms with Crippen molar-refractivity contribution >= 4 is 21.5 Å². The highest BCUT2D eigenvalue weighted by Gasteiger charge is 2.73. The van der Waals surface area contributed by atoms with E-state index in [1.807, 2.05) is 0 Å². The molecule has 34 heavy (non-hydrogen) atoms. The second-order valence-electron chi connectivity index (χ2n) is 8.17. The minimum atomic E-state index is -5.09. The summed E-state index contributed by atoms with van der Waals surface area (Å²) in [5.74, 6) is -3.66. The van der Waals surface area contributed by atoms with Gasteiger partial charge in [0, 0.05) is 32.4 Å². The van der Waals surface area contributed by atoms with Crippen molar-refractivity contribution in [3.8, 4) is 11.5 Å². The summed E-state index contributed by atoms with van der Waals surface area (Å²) in [4.78, 5) is 11.7. The molecule has 0 bridgehead atoms. The molecule has 2 N–H and O–H groups in total. The number of methoxy groups -OCH3 is 2. The number of fused-ring (bicyclic) bond motifs is 2. The van der Waals surface area contributed by atoms with Gasteiger partial charge in [0.05, 0.1) is 16.2 Å². The van der Waals surface area contributed by atoms with Gasteiger partial charge in [0.25, 0.3) is 11.5 Å². The number of hydrogen-bond donors (Lipinski definition) is 2. The lowest BCUT2D eigenvalue weighted by atomic mass is 9.78. The summed E-state index contributed by atoms with van der Waals surface area (Å²) in [6, 6.07) is 6.43. The first kappa shape index (κ1) is 24.1. The molecule has 0 amide bonds. The Morgan fingerprint density at radius 1 is 1.15 bits per heavy atom. The summed E-state index contributed by atoms with van der Waals surface area (Å²) >= 11 is 0. The summed E-state index contributed by atoms with van der Waals surface area (Å²) in [7, 11) is -2.91. The zero-order valence-electron chi connectivity index (χ0n) is 18.4. The number of nitro groups is 1. The lowest BCUT2D eigenvalue weighted by molar-refractivity contribution is -0.386. The van der Waals surface area contributed by atoms with Gasteiger partial charge in [-0.05, 0) is 32.0 Å². The van der Waals surface area contributed by atoms with Crippen molar-refractivity contribution in [3.05, 3.63) is 57.9 Å². The fraction of sp³-hybridized carbons (Fsp3) is 0.400. The van der Waals surface area contributed by atoms with Crippen molar-refractivity contribution in [1.29, 1.82) is 0 Å². The Kier molecular flexibility index (Phi) is 5.30. The molecular weight excluding hydrogens is 479 g/mol. The summed E-state index contributed by atoms with van der Waals surface area (Å²) in [6.45, 7) is 2.83.